The molecule has 1 aromatic carbocycles. The van der Waals surface area contributed by atoms with Crippen LogP contribution in [-0.4, -0.2) is 23.9 Å². The number of carbonyl (C=O) groups is 1. The van der Waals surface area contributed by atoms with Gasteiger partial charge < -0.3 is 10.6 Å². The molecule has 6 heteroatoms. The van der Waals surface area contributed by atoms with Crippen molar-refractivity contribution < 1.29 is 9.72 Å². The summed E-state index contributed by atoms with van der Waals surface area (Å²) in [5.41, 5.74) is 0.523. The number of hydrogen-bond donors (Lipinski definition) is 2. The molecule has 1 unspecified atom stereocenters. The molecule has 1 amide bonds. The summed E-state index contributed by atoms with van der Waals surface area (Å²) in [6.07, 6.45) is 4.32. The third kappa shape index (κ3) is 2.95. The van der Waals surface area contributed by atoms with Gasteiger partial charge in [-0.3, -0.25) is 14.9 Å². The lowest BCUT2D eigenvalue weighted by Gasteiger charge is -2.38. The number of carbonyl (C=O) groups excluding carboxylic acids is 1. The molecule has 23 heavy (non-hydrogen) atoms. The Bertz CT molecular complexity index is 619. The SMILES string of the molecule is CC(NC(=O)[C@@]12CCCC[C@H]1CNC2)c1cccc([N+](=O)[O-])c1. The summed E-state index contributed by atoms with van der Waals surface area (Å²) in [6.45, 7) is 3.54. The molecule has 0 radical (unpaired) electrons. The van der Waals surface area contributed by atoms with Crippen LogP contribution in [0.1, 0.15) is 44.2 Å². The first-order valence-electron chi connectivity index (χ1n) is 8.29. The molecule has 1 aliphatic carbocycles. The predicted octanol–water partition coefficient (Wildman–Crippen LogP) is 2.55. The average Bonchev–Trinajstić information content (AvgIpc) is 3.00. The molecule has 1 saturated carbocycles. The summed E-state index contributed by atoms with van der Waals surface area (Å²) >= 11 is 0. The van der Waals surface area contributed by atoms with Gasteiger partial charge in [0.2, 0.25) is 5.91 Å². The Kier molecular flexibility index (Phi) is 4.35. The molecule has 0 aromatic heterocycles. The first kappa shape index (κ1) is 15.9. The second kappa shape index (κ2) is 6.28. The van der Waals surface area contributed by atoms with Crippen LogP contribution in [0.5, 0.6) is 0 Å². The van der Waals surface area contributed by atoms with Crippen LogP contribution < -0.4 is 10.6 Å². The Morgan fingerprint density at radius 2 is 2.30 bits per heavy atom. The summed E-state index contributed by atoms with van der Waals surface area (Å²) in [7, 11) is 0. The number of nitro groups is 1. The molecule has 0 bridgehead atoms. The molecular weight excluding hydrogens is 294 g/mol. The van der Waals surface area contributed by atoms with E-state index in [0.29, 0.717) is 5.92 Å². The van der Waals surface area contributed by atoms with Gasteiger partial charge in [0, 0.05) is 18.7 Å². The molecule has 3 rings (SSSR count). The van der Waals surface area contributed by atoms with Gasteiger partial charge in [-0.1, -0.05) is 25.0 Å². The number of benzene rings is 1. The third-order valence-electron chi connectivity index (χ3n) is 5.42. The lowest BCUT2D eigenvalue weighted by molar-refractivity contribution is -0.384. The Hall–Kier alpha value is -1.95. The van der Waals surface area contributed by atoms with Gasteiger partial charge in [-0.25, -0.2) is 0 Å². The van der Waals surface area contributed by atoms with E-state index in [1.54, 1.807) is 6.07 Å². The van der Waals surface area contributed by atoms with Gasteiger partial charge >= 0.3 is 0 Å². The van der Waals surface area contributed by atoms with E-state index in [1.807, 2.05) is 13.0 Å². The highest BCUT2D eigenvalue weighted by atomic mass is 16.6. The quantitative estimate of drug-likeness (QED) is 0.660. The van der Waals surface area contributed by atoms with Crippen LogP contribution in [0.25, 0.3) is 0 Å². The summed E-state index contributed by atoms with van der Waals surface area (Å²) in [4.78, 5) is 23.4. The van der Waals surface area contributed by atoms with E-state index in [0.717, 1.165) is 37.9 Å². The molecular formula is C17H23N3O3. The van der Waals surface area contributed by atoms with Gasteiger partial charge in [0.15, 0.2) is 0 Å². The van der Waals surface area contributed by atoms with Gasteiger partial charge in [-0.15, -0.1) is 0 Å². The maximum absolute atomic E-state index is 12.9. The second-order valence-corrected chi connectivity index (χ2v) is 6.78. The van der Waals surface area contributed by atoms with Crippen LogP contribution in [0.3, 0.4) is 0 Å². The fourth-order valence-corrected chi connectivity index (χ4v) is 4.02. The standard InChI is InChI=1S/C17H23N3O3/c1-12(13-5-4-7-15(9-13)20(22)23)19-16(21)17-8-3-2-6-14(17)10-18-11-17/h4-5,7,9,12,14,18H,2-3,6,8,10-11H2,1H3,(H,19,21)/t12?,14-,17+/m0/s1. The Morgan fingerprint density at radius 3 is 3.09 bits per heavy atom. The molecule has 1 heterocycles. The normalized spacial score (nSPS) is 28.0. The second-order valence-electron chi connectivity index (χ2n) is 6.78. The smallest absolute Gasteiger partial charge is 0.269 e. The highest BCUT2D eigenvalue weighted by molar-refractivity contribution is 5.84. The van der Waals surface area contributed by atoms with Gasteiger partial charge in [0.1, 0.15) is 0 Å². The largest absolute Gasteiger partial charge is 0.349 e. The minimum absolute atomic E-state index is 0.0554. The van der Waals surface area contributed by atoms with Crippen molar-refractivity contribution >= 4 is 11.6 Å². The highest BCUT2D eigenvalue weighted by Gasteiger charge is 2.49. The molecule has 3 atom stereocenters. The zero-order valence-corrected chi connectivity index (χ0v) is 13.4. The van der Waals surface area contributed by atoms with Crippen LogP contribution in [-0.2, 0) is 4.79 Å². The van der Waals surface area contributed by atoms with Crippen molar-refractivity contribution in [3.05, 3.63) is 39.9 Å². The van der Waals surface area contributed by atoms with Gasteiger partial charge in [0.25, 0.3) is 5.69 Å². The first-order valence-corrected chi connectivity index (χ1v) is 8.29. The van der Waals surface area contributed by atoms with Gasteiger partial charge in [-0.05, 0) is 37.8 Å². The fourth-order valence-electron chi connectivity index (χ4n) is 4.02. The van der Waals surface area contributed by atoms with Crippen LogP contribution >= 0.6 is 0 Å². The molecule has 1 saturated heterocycles. The van der Waals surface area contributed by atoms with Gasteiger partial charge in [0.05, 0.1) is 16.4 Å². The number of rotatable bonds is 4. The number of fused-ring (bicyclic) bond motifs is 1. The van der Waals surface area contributed by atoms with E-state index in [4.69, 9.17) is 0 Å². The van der Waals surface area contributed by atoms with E-state index >= 15 is 0 Å². The zero-order valence-electron chi connectivity index (χ0n) is 13.4. The number of amides is 1. The Balaban J connectivity index is 1.74. The average molecular weight is 317 g/mol. The molecule has 0 spiro atoms. The summed E-state index contributed by atoms with van der Waals surface area (Å²) in [6, 6.07) is 6.25. The van der Waals surface area contributed by atoms with Crippen LogP contribution in [0.15, 0.2) is 24.3 Å². The van der Waals surface area contributed by atoms with Crippen molar-refractivity contribution in [3.63, 3.8) is 0 Å². The lowest BCUT2D eigenvalue weighted by Crippen LogP contribution is -2.48. The number of nitro benzene ring substituents is 1. The van der Waals surface area contributed by atoms with Crippen molar-refractivity contribution in [1.29, 1.82) is 0 Å². The zero-order chi connectivity index (χ0) is 16.4. The molecule has 2 aliphatic rings. The number of nitrogens with zero attached hydrogens (tertiary/aromatic N) is 1. The van der Waals surface area contributed by atoms with Crippen molar-refractivity contribution in [3.8, 4) is 0 Å². The number of non-ortho nitro benzene ring substituents is 1. The monoisotopic (exact) mass is 317 g/mol. The van der Waals surface area contributed by atoms with Crippen LogP contribution in [0.2, 0.25) is 0 Å². The summed E-state index contributed by atoms with van der Waals surface area (Å²) < 4.78 is 0. The number of hydrogen-bond acceptors (Lipinski definition) is 4. The molecule has 1 aliphatic heterocycles. The maximum Gasteiger partial charge on any atom is 0.269 e. The van der Waals surface area contributed by atoms with Gasteiger partial charge in [-0.2, -0.15) is 0 Å². The minimum Gasteiger partial charge on any atom is -0.349 e. The van der Waals surface area contributed by atoms with E-state index in [9.17, 15) is 14.9 Å². The van der Waals surface area contributed by atoms with Crippen molar-refractivity contribution in [1.82, 2.24) is 10.6 Å². The van der Waals surface area contributed by atoms with Crippen molar-refractivity contribution in [2.24, 2.45) is 11.3 Å². The van der Waals surface area contributed by atoms with Crippen LogP contribution in [0.4, 0.5) is 5.69 Å². The van der Waals surface area contributed by atoms with Crippen molar-refractivity contribution in [2.75, 3.05) is 13.1 Å². The lowest BCUT2D eigenvalue weighted by atomic mass is 9.67. The maximum atomic E-state index is 12.9. The molecule has 2 fully saturated rings. The van der Waals surface area contributed by atoms with Crippen LogP contribution in [0, 0.1) is 21.4 Å². The Morgan fingerprint density at radius 1 is 1.48 bits per heavy atom. The van der Waals surface area contributed by atoms with E-state index in [1.165, 1.54) is 18.6 Å². The van der Waals surface area contributed by atoms with E-state index in [-0.39, 0.29) is 23.1 Å². The summed E-state index contributed by atoms with van der Waals surface area (Å²) in [5, 5.41) is 17.4. The molecule has 2 N–H and O–H groups in total. The third-order valence-corrected chi connectivity index (χ3v) is 5.42. The summed E-state index contributed by atoms with van der Waals surface area (Å²) in [5.74, 6) is 0.500. The van der Waals surface area contributed by atoms with E-state index in [2.05, 4.69) is 10.6 Å². The first-order chi connectivity index (χ1) is 11.0. The molecule has 1 aromatic rings. The van der Waals surface area contributed by atoms with E-state index < -0.39 is 4.92 Å². The number of nitrogens with one attached hydrogen (secondary N) is 2. The minimum atomic E-state index is -0.408. The van der Waals surface area contributed by atoms with Crippen molar-refractivity contribution in [2.45, 2.75) is 38.6 Å². The molecule has 6 nitrogen and oxygen atoms in total. The molecule has 124 valence electrons. The topological polar surface area (TPSA) is 84.3 Å². The Labute approximate surface area is 135 Å². The fraction of sp³-hybridized carbons (Fsp3) is 0.588. The highest BCUT2D eigenvalue weighted by Crippen LogP contribution is 2.44. The predicted molar refractivity (Wildman–Crippen MR) is 86.9 cm³/mol.